The molecule has 0 spiro atoms. The van der Waals surface area contributed by atoms with Crippen LogP contribution in [0, 0.1) is 5.92 Å². The van der Waals surface area contributed by atoms with Gasteiger partial charge in [-0.05, 0) is 43.0 Å². The largest absolute Gasteiger partial charge is 0.492 e. The first-order valence-electron chi connectivity index (χ1n) is 10.8. The Labute approximate surface area is 176 Å². The van der Waals surface area contributed by atoms with Crippen molar-refractivity contribution in [2.24, 2.45) is 5.92 Å². The Balaban J connectivity index is 1.61. The molecule has 0 bridgehead atoms. The second kappa shape index (κ2) is 9.81. The lowest BCUT2D eigenvalue weighted by atomic mass is 9.90. The number of hydrogen-bond acceptors (Lipinski definition) is 5. The zero-order valence-electron chi connectivity index (χ0n) is 17.3. The summed E-state index contributed by atoms with van der Waals surface area (Å²) in [4.78, 5) is 15.3. The number of hydrogen-bond donors (Lipinski definition) is 1. The molecule has 158 valence electrons. The van der Waals surface area contributed by atoms with Crippen LogP contribution in [0.1, 0.15) is 37.7 Å². The molecule has 0 saturated heterocycles. The van der Waals surface area contributed by atoms with Crippen molar-refractivity contribution in [1.82, 2.24) is 0 Å². The second-order valence-corrected chi connectivity index (χ2v) is 8.02. The highest BCUT2D eigenvalue weighted by atomic mass is 16.5. The Morgan fingerprint density at radius 1 is 1.03 bits per heavy atom. The third-order valence-electron chi connectivity index (χ3n) is 5.89. The van der Waals surface area contributed by atoms with Gasteiger partial charge in [-0.25, -0.2) is 0 Å². The highest BCUT2D eigenvalue weighted by Gasteiger charge is 2.18. The predicted molar refractivity (Wildman–Crippen MR) is 119 cm³/mol. The van der Waals surface area contributed by atoms with E-state index in [4.69, 9.17) is 9.15 Å². The van der Waals surface area contributed by atoms with E-state index in [0.29, 0.717) is 47.9 Å². The van der Waals surface area contributed by atoms with Gasteiger partial charge in [-0.2, -0.15) is 0 Å². The molecule has 0 atom stereocenters. The third kappa shape index (κ3) is 4.68. The molecule has 0 amide bonds. The molecule has 0 unspecified atom stereocenters. The Morgan fingerprint density at radius 3 is 2.60 bits per heavy atom. The van der Waals surface area contributed by atoms with Crippen LogP contribution in [0.5, 0.6) is 5.75 Å². The van der Waals surface area contributed by atoms with Gasteiger partial charge in [0.1, 0.15) is 16.7 Å². The van der Waals surface area contributed by atoms with Crippen LogP contribution in [0.15, 0.2) is 64.0 Å². The highest BCUT2D eigenvalue weighted by molar-refractivity contribution is 5.83. The lowest BCUT2D eigenvalue weighted by molar-refractivity contribution is 0.210. The van der Waals surface area contributed by atoms with Crippen molar-refractivity contribution < 1.29 is 14.3 Å². The minimum atomic E-state index is -0.0747. The van der Waals surface area contributed by atoms with Gasteiger partial charge in [-0.3, -0.25) is 4.79 Å². The summed E-state index contributed by atoms with van der Waals surface area (Å²) in [7, 11) is 0. The van der Waals surface area contributed by atoms with E-state index in [-0.39, 0.29) is 12.0 Å². The van der Waals surface area contributed by atoms with Gasteiger partial charge in [-0.15, -0.1) is 0 Å². The van der Waals surface area contributed by atoms with Gasteiger partial charge in [0.2, 0.25) is 5.43 Å². The number of anilines is 1. The minimum Gasteiger partial charge on any atom is -0.492 e. The number of fused-ring (bicyclic) bond motifs is 1. The number of nitrogens with zero attached hydrogens (tertiary/aromatic N) is 1. The van der Waals surface area contributed by atoms with Crippen LogP contribution in [-0.4, -0.2) is 24.9 Å². The summed E-state index contributed by atoms with van der Waals surface area (Å²) in [5.41, 5.74) is 1.97. The first kappa shape index (κ1) is 20.5. The van der Waals surface area contributed by atoms with Crippen LogP contribution in [0.4, 0.5) is 5.69 Å². The van der Waals surface area contributed by atoms with Gasteiger partial charge in [0.25, 0.3) is 0 Å². The van der Waals surface area contributed by atoms with E-state index in [1.165, 1.54) is 38.4 Å². The molecule has 1 aliphatic carbocycles. The van der Waals surface area contributed by atoms with E-state index in [9.17, 15) is 9.90 Å². The number of benzene rings is 2. The molecule has 1 N–H and O–H groups in total. The van der Waals surface area contributed by atoms with Crippen molar-refractivity contribution >= 4 is 16.7 Å². The van der Waals surface area contributed by atoms with Crippen molar-refractivity contribution in [3.63, 3.8) is 0 Å². The number of ether oxygens (including phenoxy) is 1. The summed E-state index contributed by atoms with van der Waals surface area (Å²) < 4.78 is 11.9. The van der Waals surface area contributed by atoms with Crippen LogP contribution in [0.3, 0.4) is 0 Å². The fraction of sp³-hybridized carbons (Fsp3) is 0.400. The molecule has 3 aromatic rings. The maximum Gasteiger partial charge on any atom is 0.201 e. The first-order valence-corrected chi connectivity index (χ1v) is 10.8. The molecule has 1 heterocycles. The maximum absolute atomic E-state index is 13.3. The molecule has 0 aliphatic heterocycles. The highest BCUT2D eigenvalue weighted by Crippen LogP contribution is 2.28. The van der Waals surface area contributed by atoms with Crippen LogP contribution in [0.2, 0.25) is 0 Å². The lowest BCUT2D eigenvalue weighted by Crippen LogP contribution is -2.28. The Bertz CT molecular complexity index is 1010. The molecular weight excluding hydrogens is 378 g/mol. The monoisotopic (exact) mass is 407 g/mol. The first-order chi connectivity index (χ1) is 14.8. The predicted octanol–water partition coefficient (Wildman–Crippen LogP) is 4.75. The van der Waals surface area contributed by atoms with E-state index in [0.717, 1.165) is 5.69 Å². The fourth-order valence-corrected chi connectivity index (χ4v) is 4.24. The molecule has 0 radical (unpaired) electrons. The summed E-state index contributed by atoms with van der Waals surface area (Å²) in [6.07, 6.45) is 7.74. The third-order valence-corrected chi connectivity index (χ3v) is 5.89. The molecule has 30 heavy (non-hydrogen) atoms. The summed E-state index contributed by atoms with van der Waals surface area (Å²) in [6, 6.07) is 15.3. The lowest BCUT2D eigenvalue weighted by Gasteiger charge is -2.24. The zero-order chi connectivity index (χ0) is 20.8. The molecule has 5 heteroatoms. The Hall–Kier alpha value is -2.79. The molecule has 5 nitrogen and oxygen atoms in total. The Morgan fingerprint density at radius 2 is 1.83 bits per heavy atom. The molecule has 1 aliphatic rings. The Kier molecular flexibility index (Phi) is 6.70. The second-order valence-electron chi connectivity index (χ2n) is 8.02. The smallest absolute Gasteiger partial charge is 0.201 e. The van der Waals surface area contributed by atoms with E-state index in [1.54, 1.807) is 6.07 Å². The van der Waals surface area contributed by atoms with Crippen LogP contribution >= 0.6 is 0 Å². The molecule has 1 fully saturated rings. The minimum absolute atomic E-state index is 0.00353. The topological polar surface area (TPSA) is 62.9 Å². The number of aliphatic hydroxyl groups is 1. The van der Waals surface area contributed by atoms with Crippen LogP contribution in [0.25, 0.3) is 11.0 Å². The number of para-hydroxylation sites is 1. The summed E-state index contributed by atoms with van der Waals surface area (Å²) >= 11 is 0. The van der Waals surface area contributed by atoms with E-state index < -0.39 is 0 Å². The van der Waals surface area contributed by atoms with Gasteiger partial charge in [0.05, 0.1) is 25.0 Å². The van der Waals surface area contributed by atoms with Crippen molar-refractivity contribution in [2.45, 2.75) is 38.6 Å². The SMILES string of the molecule is O=c1c(CN(CCO)c2ccccc2)coc2cccc(OCC3CCCCC3)c12. The number of aliphatic hydroxyl groups excluding tert-OH is 1. The van der Waals surface area contributed by atoms with Gasteiger partial charge < -0.3 is 19.2 Å². The maximum atomic E-state index is 13.3. The van der Waals surface area contributed by atoms with Gasteiger partial charge >= 0.3 is 0 Å². The van der Waals surface area contributed by atoms with Gasteiger partial charge in [0.15, 0.2) is 0 Å². The van der Waals surface area contributed by atoms with Crippen molar-refractivity contribution in [2.75, 3.05) is 24.7 Å². The van der Waals surface area contributed by atoms with Gasteiger partial charge in [0, 0.05) is 18.8 Å². The summed E-state index contributed by atoms with van der Waals surface area (Å²) in [5, 5.41) is 9.99. The zero-order valence-corrected chi connectivity index (χ0v) is 17.3. The molecule has 4 rings (SSSR count). The van der Waals surface area contributed by atoms with Crippen molar-refractivity contribution in [3.05, 3.63) is 70.6 Å². The van der Waals surface area contributed by atoms with Crippen LogP contribution in [-0.2, 0) is 6.54 Å². The average Bonchev–Trinajstić information content (AvgIpc) is 2.80. The average molecular weight is 408 g/mol. The molecular formula is C25H29NO4. The molecule has 1 saturated carbocycles. The van der Waals surface area contributed by atoms with E-state index in [1.807, 2.05) is 47.4 Å². The van der Waals surface area contributed by atoms with Crippen molar-refractivity contribution in [3.8, 4) is 5.75 Å². The summed E-state index contributed by atoms with van der Waals surface area (Å²) in [5.74, 6) is 1.16. The standard InChI is InChI=1S/C25H29NO4/c27-15-14-26(21-10-5-2-6-11-21)16-20-18-30-23-13-7-12-22(24(23)25(20)28)29-17-19-8-3-1-4-9-19/h2,5-7,10-13,18-19,27H,1,3-4,8-9,14-17H2. The van der Waals surface area contributed by atoms with Gasteiger partial charge in [-0.1, -0.05) is 43.5 Å². The van der Waals surface area contributed by atoms with E-state index >= 15 is 0 Å². The quantitative estimate of drug-likeness (QED) is 0.584. The summed E-state index contributed by atoms with van der Waals surface area (Å²) in [6.45, 7) is 1.44. The normalized spacial score (nSPS) is 14.7. The fourth-order valence-electron chi connectivity index (χ4n) is 4.24. The molecule has 2 aromatic carbocycles. The van der Waals surface area contributed by atoms with Crippen molar-refractivity contribution in [1.29, 1.82) is 0 Å². The van der Waals surface area contributed by atoms with Crippen LogP contribution < -0.4 is 15.1 Å². The molecule has 1 aromatic heterocycles. The number of rotatable bonds is 8. The van der Waals surface area contributed by atoms with E-state index in [2.05, 4.69) is 0 Å².